The summed E-state index contributed by atoms with van der Waals surface area (Å²) in [6, 6.07) is 0. The maximum atomic E-state index is 1.32. The van der Waals surface area contributed by atoms with Gasteiger partial charge < -0.3 is 0 Å². The fourth-order valence-corrected chi connectivity index (χ4v) is 470. The number of hydrogen-bond donors (Lipinski definition) is 0. The zero-order valence-electron chi connectivity index (χ0n) is 1.79. The third kappa shape index (κ3) is 0.121. The third-order valence-corrected chi connectivity index (χ3v) is 236. The molecule has 0 spiro atoms. The van der Waals surface area contributed by atoms with Gasteiger partial charge in [-0.15, -0.1) is 0 Å². The van der Waals surface area contributed by atoms with Gasteiger partial charge in [-0.1, -0.05) is 0 Å². The third-order valence-electron chi connectivity index (χ3n) is 0.838. The molecule has 0 radical (unpaired) electrons. The van der Waals surface area contributed by atoms with Gasteiger partial charge >= 0.3 is 33.8 Å². The first-order chi connectivity index (χ1) is 2.00. The van der Waals surface area contributed by atoms with Crippen LogP contribution in [0.2, 0.25) is 0 Å². The minimum atomic E-state index is 0.669. The molecule has 4 saturated heterocycles. The second kappa shape index (κ2) is 0.432. The van der Waals surface area contributed by atoms with Gasteiger partial charge in [0.15, 0.2) is 0 Å². The maximum absolute atomic E-state index is 1.32. The van der Waals surface area contributed by atoms with Gasteiger partial charge in [0, 0.05) is 0 Å². The Balaban J connectivity index is 3.00. The van der Waals surface area contributed by atoms with E-state index in [4.69, 9.17) is 0 Å². The molecule has 0 atom stereocenters. The topological polar surface area (TPSA) is 0 Å². The molecule has 4 heteroatoms. The van der Waals surface area contributed by atoms with E-state index in [1.165, 1.54) is 3.60 Å². The summed E-state index contributed by atoms with van der Waals surface area (Å²) in [5.41, 5.74) is 0. The van der Waals surface area contributed by atoms with E-state index in [9.17, 15) is 0 Å². The summed E-state index contributed by atoms with van der Waals surface area (Å²) in [6.07, 6.45) is 0. The summed E-state index contributed by atoms with van der Waals surface area (Å²) < 4.78 is 1.32. The van der Waals surface area contributed by atoms with E-state index >= 15 is 0 Å². The molecular weight excluding hydrogens is 256 g/mol. The molecule has 4 aliphatic rings. The van der Waals surface area contributed by atoms with Crippen molar-refractivity contribution in [3.8, 4) is 0 Å². The van der Waals surface area contributed by atoms with Crippen LogP contribution in [0.25, 0.3) is 0 Å². The van der Waals surface area contributed by atoms with Gasteiger partial charge in [-0.2, -0.15) is 0 Å². The van der Waals surface area contributed by atoms with Crippen LogP contribution in [0.4, 0.5) is 0 Å². The first-order valence-corrected chi connectivity index (χ1v) is 25.6. The molecule has 0 aromatic carbocycles. The molecule has 0 aromatic heterocycles. The molecule has 20 valence electrons. The Morgan fingerprint density at radius 3 is 1.25 bits per heavy atom. The van der Waals surface area contributed by atoms with E-state index in [1.807, 2.05) is 0 Å². The van der Waals surface area contributed by atoms with Crippen molar-refractivity contribution in [1.82, 2.24) is 0 Å². The van der Waals surface area contributed by atoms with E-state index < -0.39 is 0 Å². The van der Waals surface area contributed by atoms with Crippen molar-refractivity contribution in [1.29, 1.82) is 0 Å². The second-order valence-electron chi connectivity index (χ2n) is 1.07. The van der Waals surface area contributed by atoms with Crippen molar-refractivity contribution in [2.75, 3.05) is 0 Å². The van der Waals surface area contributed by atoms with E-state index in [0.29, 0.717) is 30.2 Å². The Hall–Kier alpha value is 2.11. The average Bonchev–Trinajstić information content (AvgIpc) is 1.71. The molecule has 0 saturated carbocycles. The Bertz CT molecular complexity index is 46.3. The van der Waals surface area contributed by atoms with Gasteiger partial charge in [-0.3, -0.25) is 0 Å². The molecule has 4 aliphatic heterocycles. The van der Waals surface area contributed by atoms with Crippen LogP contribution in [0.3, 0.4) is 0 Å². The van der Waals surface area contributed by atoms with Crippen molar-refractivity contribution < 1.29 is 0 Å². The quantitative estimate of drug-likeness (QED) is 0.413. The molecule has 0 nitrogen and oxygen atoms in total. The van der Waals surface area contributed by atoms with E-state index in [0.717, 1.165) is 0 Å². The average molecular weight is 256 g/mol. The van der Waals surface area contributed by atoms with Crippen LogP contribution >= 0.6 is 3.60 Å². The summed E-state index contributed by atoms with van der Waals surface area (Å²) in [4.78, 5) is 0. The zero-order chi connectivity index (χ0) is 2.31. The molecule has 0 aliphatic carbocycles. The van der Waals surface area contributed by atoms with E-state index in [1.54, 1.807) is 0 Å². The van der Waals surface area contributed by atoms with Crippen LogP contribution in [0, 0.1) is 0 Å². The molecule has 4 heterocycles. The number of rotatable bonds is 0. The van der Waals surface area contributed by atoms with E-state index in [2.05, 4.69) is 0 Å². The standard InChI is InChI=1S/As3P/c1-2-3(1)4(1)2. The molecule has 4 rings (SSSR count). The van der Waals surface area contributed by atoms with Crippen molar-refractivity contribution in [3.05, 3.63) is 0 Å². The van der Waals surface area contributed by atoms with Crippen molar-refractivity contribution in [2.24, 2.45) is 0 Å². The Morgan fingerprint density at radius 2 is 1.25 bits per heavy atom. The van der Waals surface area contributed by atoms with Gasteiger partial charge in [0.1, 0.15) is 0 Å². The molecule has 0 amide bonds. The van der Waals surface area contributed by atoms with Crippen LogP contribution < -0.4 is 0 Å². The molecule has 0 N–H and O–H groups in total. The molecule has 0 aromatic rings. The normalized spacial score (nSPS) is 108. The minimum absolute atomic E-state index is 0.669. The van der Waals surface area contributed by atoms with Crippen molar-refractivity contribution >= 4 is 33.8 Å². The zero-order valence-corrected chi connectivity index (χ0v) is 8.31. The predicted octanol–water partition coefficient (Wildman–Crippen LogP) is -0.281. The monoisotopic (exact) mass is 256 g/mol. The molecule has 4 heavy (non-hydrogen) atoms. The Labute approximate surface area is 33.5 Å². The summed E-state index contributed by atoms with van der Waals surface area (Å²) in [5.74, 6) is 0. The Morgan fingerprint density at radius 1 is 1.00 bits per heavy atom. The molecular formula is As3P. The predicted molar refractivity (Wildman–Crippen MR) is 24.2 cm³/mol. The molecule has 0 unspecified atom stereocenters. The Kier molecular flexibility index (Phi) is 0.262. The van der Waals surface area contributed by atoms with Crippen LogP contribution in [0.1, 0.15) is 0 Å². The SMILES string of the molecule is P12[As]3[As]1[As]23. The number of hydrogen-bond acceptors (Lipinski definition) is 0. The van der Waals surface area contributed by atoms with Crippen molar-refractivity contribution in [2.45, 2.75) is 0 Å². The summed E-state index contributed by atoms with van der Waals surface area (Å²) in [6.45, 7) is 0. The van der Waals surface area contributed by atoms with Gasteiger partial charge in [0.25, 0.3) is 0 Å². The van der Waals surface area contributed by atoms with Crippen LogP contribution in [0.5, 0.6) is 0 Å². The fourth-order valence-electron chi connectivity index (χ4n) is 0.335. The summed E-state index contributed by atoms with van der Waals surface area (Å²) in [7, 11) is 2.01. The van der Waals surface area contributed by atoms with Gasteiger partial charge in [-0.25, -0.2) is 0 Å². The molecule has 4 fully saturated rings. The molecule has 0 bridgehead atoms. The summed E-state index contributed by atoms with van der Waals surface area (Å²) in [5, 5.41) is 0. The van der Waals surface area contributed by atoms with Gasteiger partial charge in [0.05, 0.1) is 0 Å². The van der Waals surface area contributed by atoms with Crippen LogP contribution in [-0.2, 0) is 0 Å². The van der Waals surface area contributed by atoms with Crippen LogP contribution in [0.15, 0.2) is 0 Å². The first-order valence-electron chi connectivity index (χ1n) is 1.20. The second-order valence-corrected chi connectivity index (χ2v) is 103. The van der Waals surface area contributed by atoms with Gasteiger partial charge in [-0.05, 0) is 0 Å². The summed E-state index contributed by atoms with van der Waals surface area (Å²) >= 11 is 0. The fraction of sp³-hybridized carbons (Fsp3) is 0. The van der Waals surface area contributed by atoms with Crippen molar-refractivity contribution in [3.63, 3.8) is 0 Å². The van der Waals surface area contributed by atoms with E-state index in [-0.39, 0.29) is 0 Å². The van der Waals surface area contributed by atoms with Gasteiger partial charge in [0.2, 0.25) is 0 Å². The van der Waals surface area contributed by atoms with Crippen LogP contribution in [-0.4, -0.2) is 30.2 Å². The first kappa shape index (κ1) is 2.42.